The van der Waals surface area contributed by atoms with Crippen LogP contribution in [0.25, 0.3) is 10.2 Å². The van der Waals surface area contributed by atoms with Crippen molar-refractivity contribution in [1.82, 2.24) is 9.29 Å². The number of anilines is 1. The molecule has 198 valence electrons. The van der Waals surface area contributed by atoms with E-state index in [1.54, 1.807) is 6.21 Å². The SMILES string of the molecule is CCCCN(CC)S(=O)(=O)c1ccc(C(=O)N(/N=C/c2ccc(C)cc2)c2nc3ccc(Br)cc3s2)cc1. The molecule has 1 heterocycles. The Hall–Kier alpha value is -2.92. The predicted octanol–water partition coefficient (Wildman–Crippen LogP) is 6.86. The van der Waals surface area contributed by atoms with Crippen molar-refractivity contribution in [1.29, 1.82) is 0 Å². The van der Waals surface area contributed by atoms with Crippen LogP contribution in [-0.2, 0) is 10.0 Å². The van der Waals surface area contributed by atoms with Crippen molar-refractivity contribution in [2.75, 3.05) is 18.1 Å². The maximum Gasteiger partial charge on any atom is 0.280 e. The number of halogens is 1. The number of amides is 1. The van der Waals surface area contributed by atoms with Crippen molar-refractivity contribution in [3.05, 3.63) is 87.9 Å². The third-order valence-corrected chi connectivity index (χ3v) is 9.44. The number of hydrazone groups is 1. The van der Waals surface area contributed by atoms with Crippen LogP contribution in [0.2, 0.25) is 0 Å². The Labute approximate surface area is 236 Å². The molecule has 0 aliphatic heterocycles. The van der Waals surface area contributed by atoms with Gasteiger partial charge < -0.3 is 0 Å². The van der Waals surface area contributed by atoms with Crippen LogP contribution in [0.5, 0.6) is 0 Å². The first-order valence-corrected chi connectivity index (χ1v) is 15.4. The van der Waals surface area contributed by atoms with Crippen LogP contribution in [0.4, 0.5) is 5.13 Å². The van der Waals surface area contributed by atoms with Gasteiger partial charge in [-0.15, -0.1) is 0 Å². The third kappa shape index (κ3) is 6.37. The van der Waals surface area contributed by atoms with Gasteiger partial charge >= 0.3 is 0 Å². The molecular formula is C28H29BrN4O3S2. The van der Waals surface area contributed by atoms with Gasteiger partial charge in [-0.05, 0) is 61.4 Å². The van der Waals surface area contributed by atoms with E-state index in [-0.39, 0.29) is 4.90 Å². The Kier molecular flexibility index (Phi) is 9.09. The number of aryl methyl sites for hydroxylation is 1. The molecule has 1 aromatic heterocycles. The molecule has 0 N–H and O–H groups in total. The second kappa shape index (κ2) is 12.3. The fraction of sp³-hybridized carbons (Fsp3) is 0.250. The summed E-state index contributed by atoms with van der Waals surface area (Å²) in [7, 11) is -3.65. The van der Waals surface area contributed by atoms with E-state index < -0.39 is 15.9 Å². The van der Waals surface area contributed by atoms with Crippen molar-refractivity contribution < 1.29 is 13.2 Å². The normalized spacial score (nSPS) is 12.0. The van der Waals surface area contributed by atoms with E-state index in [2.05, 4.69) is 26.0 Å². The lowest BCUT2D eigenvalue weighted by atomic mass is 10.2. The molecule has 1 amide bonds. The summed E-state index contributed by atoms with van der Waals surface area (Å²) in [6.07, 6.45) is 3.31. The van der Waals surface area contributed by atoms with Crippen LogP contribution < -0.4 is 5.01 Å². The average Bonchev–Trinajstić information content (AvgIpc) is 3.33. The number of rotatable bonds is 10. The highest BCUT2D eigenvalue weighted by molar-refractivity contribution is 9.10. The molecule has 7 nitrogen and oxygen atoms in total. The molecule has 0 fully saturated rings. The molecule has 0 unspecified atom stereocenters. The number of fused-ring (bicyclic) bond motifs is 1. The third-order valence-electron chi connectivity index (χ3n) is 5.97. The molecule has 0 bridgehead atoms. The number of unbranched alkanes of at least 4 members (excludes halogenated alkanes) is 1. The van der Waals surface area contributed by atoms with Crippen molar-refractivity contribution in [2.24, 2.45) is 5.10 Å². The maximum absolute atomic E-state index is 13.7. The Morgan fingerprint density at radius 1 is 1.05 bits per heavy atom. The molecule has 0 saturated carbocycles. The Morgan fingerprint density at radius 2 is 1.76 bits per heavy atom. The first kappa shape index (κ1) is 28.1. The minimum atomic E-state index is -3.65. The Balaban J connectivity index is 1.68. The van der Waals surface area contributed by atoms with Crippen molar-refractivity contribution in [3.63, 3.8) is 0 Å². The molecule has 0 aliphatic carbocycles. The number of thiazole rings is 1. The van der Waals surface area contributed by atoms with Gasteiger partial charge in [-0.3, -0.25) is 4.79 Å². The largest absolute Gasteiger partial charge is 0.280 e. The fourth-order valence-corrected chi connectivity index (χ4v) is 6.73. The quantitative estimate of drug-likeness (QED) is 0.145. The Morgan fingerprint density at radius 3 is 2.42 bits per heavy atom. The summed E-state index contributed by atoms with van der Waals surface area (Å²) in [4.78, 5) is 18.5. The highest BCUT2D eigenvalue weighted by Crippen LogP contribution is 2.32. The van der Waals surface area contributed by atoms with Crippen LogP contribution >= 0.6 is 27.3 Å². The fourth-order valence-electron chi connectivity index (χ4n) is 3.77. The van der Waals surface area contributed by atoms with Crippen molar-refractivity contribution in [3.8, 4) is 0 Å². The van der Waals surface area contributed by atoms with Crippen LogP contribution in [0, 0.1) is 6.92 Å². The molecular weight excluding hydrogens is 584 g/mol. The topological polar surface area (TPSA) is 82.9 Å². The summed E-state index contributed by atoms with van der Waals surface area (Å²) in [5.41, 5.74) is 3.02. The molecule has 0 radical (unpaired) electrons. The maximum atomic E-state index is 13.7. The van der Waals surface area contributed by atoms with E-state index in [0.29, 0.717) is 23.8 Å². The van der Waals surface area contributed by atoms with Gasteiger partial charge in [-0.25, -0.2) is 13.4 Å². The van der Waals surface area contributed by atoms with Gasteiger partial charge in [0.1, 0.15) is 0 Å². The van der Waals surface area contributed by atoms with E-state index in [9.17, 15) is 13.2 Å². The lowest BCUT2D eigenvalue weighted by molar-refractivity contribution is 0.0987. The minimum Gasteiger partial charge on any atom is -0.267 e. The van der Waals surface area contributed by atoms with Crippen LogP contribution in [0.3, 0.4) is 0 Å². The number of aromatic nitrogens is 1. The molecule has 38 heavy (non-hydrogen) atoms. The van der Waals surface area contributed by atoms with Crippen molar-refractivity contribution in [2.45, 2.75) is 38.5 Å². The number of hydrogen-bond donors (Lipinski definition) is 0. The number of nitrogens with zero attached hydrogens (tertiary/aromatic N) is 4. The zero-order valence-corrected chi connectivity index (χ0v) is 24.7. The highest BCUT2D eigenvalue weighted by atomic mass is 79.9. The van der Waals surface area contributed by atoms with Crippen LogP contribution in [-0.4, -0.2) is 42.9 Å². The second-order valence-corrected chi connectivity index (χ2v) is 12.6. The van der Waals surface area contributed by atoms with E-state index in [1.165, 1.54) is 44.9 Å². The smallest absolute Gasteiger partial charge is 0.267 e. The second-order valence-electron chi connectivity index (χ2n) is 8.76. The molecule has 10 heteroatoms. The van der Waals surface area contributed by atoms with E-state index in [1.807, 2.05) is 63.2 Å². The van der Waals surface area contributed by atoms with Gasteiger partial charge in [-0.2, -0.15) is 14.4 Å². The van der Waals surface area contributed by atoms with Crippen LogP contribution in [0.15, 0.2) is 81.2 Å². The molecule has 0 atom stereocenters. The first-order valence-electron chi connectivity index (χ1n) is 12.3. The molecule has 4 aromatic rings. The number of carbonyl (C=O) groups excluding carboxylic acids is 1. The predicted molar refractivity (Wildman–Crippen MR) is 159 cm³/mol. The summed E-state index contributed by atoms with van der Waals surface area (Å²) in [5.74, 6) is -0.409. The summed E-state index contributed by atoms with van der Waals surface area (Å²) < 4.78 is 29.5. The highest BCUT2D eigenvalue weighted by Gasteiger charge is 2.25. The first-order chi connectivity index (χ1) is 18.2. The van der Waals surface area contributed by atoms with Gasteiger partial charge in [0.05, 0.1) is 21.3 Å². The Bertz CT molecular complexity index is 1550. The summed E-state index contributed by atoms with van der Waals surface area (Å²) in [5, 5.41) is 6.18. The standard InChI is InChI=1S/C28H29BrN4O3S2/c1-4-6-17-32(5-2)38(35,36)24-14-11-22(12-15-24)27(34)33(30-19-21-9-7-20(3)8-10-21)28-31-25-16-13-23(29)18-26(25)37-28/h7-16,18-19H,4-6,17H2,1-3H3/b30-19+. The van der Waals surface area contributed by atoms with Crippen LogP contribution in [0.1, 0.15) is 48.2 Å². The molecule has 0 spiro atoms. The van der Waals surface area contributed by atoms with Gasteiger partial charge in [0.2, 0.25) is 15.2 Å². The monoisotopic (exact) mass is 612 g/mol. The zero-order chi connectivity index (χ0) is 27.3. The summed E-state index contributed by atoms with van der Waals surface area (Å²) in [6.45, 7) is 6.71. The van der Waals surface area contributed by atoms with Gasteiger partial charge in [0.25, 0.3) is 5.91 Å². The number of benzene rings is 3. The molecule has 4 rings (SSSR count). The lowest BCUT2D eigenvalue weighted by Crippen LogP contribution is -2.32. The minimum absolute atomic E-state index is 0.159. The molecule has 0 aliphatic rings. The van der Waals surface area contributed by atoms with E-state index >= 15 is 0 Å². The number of carbonyl (C=O) groups is 1. The molecule has 3 aromatic carbocycles. The van der Waals surface area contributed by atoms with Gasteiger partial charge in [0, 0.05) is 23.1 Å². The molecule has 0 saturated heterocycles. The van der Waals surface area contributed by atoms with E-state index in [4.69, 9.17) is 0 Å². The zero-order valence-electron chi connectivity index (χ0n) is 21.5. The lowest BCUT2D eigenvalue weighted by Gasteiger charge is -2.20. The number of sulfonamides is 1. The van der Waals surface area contributed by atoms with Gasteiger partial charge in [-0.1, -0.05) is 77.4 Å². The summed E-state index contributed by atoms with van der Waals surface area (Å²) >= 11 is 4.83. The number of hydrogen-bond acceptors (Lipinski definition) is 6. The van der Waals surface area contributed by atoms with E-state index in [0.717, 1.165) is 38.7 Å². The summed E-state index contributed by atoms with van der Waals surface area (Å²) in [6, 6.07) is 19.5. The average molecular weight is 614 g/mol. The van der Waals surface area contributed by atoms with Crippen molar-refractivity contribution >= 4 is 64.8 Å². The van der Waals surface area contributed by atoms with Gasteiger partial charge in [0.15, 0.2) is 0 Å².